The zero-order valence-electron chi connectivity index (χ0n) is 32.8. The fourth-order valence-corrected chi connectivity index (χ4v) is 6.58. The molecule has 3 aliphatic heterocycles. The van der Waals surface area contributed by atoms with Gasteiger partial charge in [-0.1, -0.05) is 9.36 Å². The Morgan fingerprint density at radius 1 is 0.893 bits per heavy atom. The zero-order valence-corrected chi connectivity index (χ0v) is 32.8. The van der Waals surface area contributed by atoms with Crippen LogP contribution in [0.5, 0.6) is 5.75 Å². The molecular weight excluding hydrogens is 726 g/mol. The number of aromatic hydroxyl groups is 1. The van der Waals surface area contributed by atoms with Gasteiger partial charge in [-0.3, -0.25) is 4.79 Å². The first-order chi connectivity index (χ1) is 27.4. The number of hydrogen-bond donors (Lipinski definition) is 4. The van der Waals surface area contributed by atoms with Crippen molar-refractivity contribution < 1.29 is 57.1 Å². The predicted octanol–water partition coefficient (Wildman–Crippen LogP) is 0.270. The molecule has 4 heterocycles. The molecule has 3 aliphatic rings. The molecule has 5 rings (SSSR count). The van der Waals surface area contributed by atoms with E-state index >= 15 is 0 Å². The van der Waals surface area contributed by atoms with Crippen molar-refractivity contribution in [2.24, 2.45) is 5.73 Å². The van der Waals surface area contributed by atoms with Gasteiger partial charge in [0.2, 0.25) is 30.1 Å². The highest BCUT2D eigenvalue weighted by Gasteiger charge is 2.55. The number of nitrogens with one attached hydrogen (secondary N) is 1. The van der Waals surface area contributed by atoms with E-state index in [0.717, 1.165) is 29.0 Å². The number of nitrogens with zero attached hydrogens (tertiary/aromatic N) is 4. The van der Waals surface area contributed by atoms with Crippen LogP contribution in [0.15, 0.2) is 48.4 Å². The van der Waals surface area contributed by atoms with Gasteiger partial charge in [0.05, 0.1) is 136 Å². The van der Waals surface area contributed by atoms with E-state index in [4.69, 9.17) is 49.4 Å². The van der Waals surface area contributed by atoms with Crippen LogP contribution in [0, 0.1) is 0 Å². The maximum Gasteiger partial charge on any atom is 0.363 e. The van der Waals surface area contributed by atoms with E-state index in [0.29, 0.717) is 144 Å². The van der Waals surface area contributed by atoms with E-state index in [-0.39, 0.29) is 17.8 Å². The van der Waals surface area contributed by atoms with Gasteiger partial charge in [0, 0.05) is 31.3 Å². The number of nitrogen functional groups attached to an aromatic ring is 1. The Morgan fingerprint density at radius 3 is 1.98 bits per heavy atom. The van der Waals surface area contributed by atoms with E-state index in [2.05, 4.69) is 32.0 Å². The number of hydrogen-bond acceptors (Lipinski definition) is 13. The van der Waals surface area contributed by atoms with Crippen LogP contribution in [0.2, 0.25) is 0 Å². The van der Waals surface area contributed by atoms with E-state index in [1.165, 1.54) is 11.3 Å². The molecule has 0 radical (unpaired) electrons. The molecule has 0 spiro atoms. The van der Waals surface area contributed by atoms with Gasteiger partial charge >= 0.3 is 6.17 Å². The molecule has 6 N–H and O–H groups in total. The standard InChI is InChI=1S/C39H59N7O10/c1-3-49-10-11-51-14-15-53-18-19-55-22-23-56-21-20-54-17-16-52-13-12-50-9-7-38(48)43-8-6-35-32(26-43)27-45-37(46(35)45)28-44-30(2)33(25-42-29-40)39(44)31-4-5-36(47)34(41)24-31/h4-5,24-25,27,37H,2-3,6-23,26,28-29,40-41H2,1H3/p+2. The lowest BCUT2D eigenvalue weighted by molar-refractivity contribution is -0.643. The topological polar surface area (TPSA) is 190 Å². The minimum Gasteiger partial charge on any atom is -0.506 e. The van der Waals surface area contributed by atoms with Crippen LogP contribution in [-0.4, -0.2) is 156 Å². The van der Waals surface area contributed by atoms with Crippen molar-refractivity contribution in [2.45, 2.75) is 32.5 Å². The van der Waals surface area contributed by atoms with Gasteiger partial charge in [-0.15, -0.1) is 0 Å². The number of ether oxygens (including phenoxy) is 8. The van der Waals surface area contributed by atoms with Crippen LogP contribution in [0.1, 0.15) is 36.3 Å². The zero-order chi connectivity index (χ0) is 39.5. The average Bonchev–Trinajstić information content (AvgIpc) is 3.73. The Bertz CT molecular complexity index is 1630. The Morgan fingerprint density at radius 2 is 1.45 bits per heavy atom. The van der Waals surface area contributed by atoms with Crippen LogP contribution in [0.4, 0.5) is 5.69 Å². The molecule has 1 aromatic heterocycles. The minimum atomic E-state index is 0.0516. The molecule has 1 amide bonds. The summed E-state index contributed by atoms with van der Waals surface area (Å²) in [6.07, 6.45) is 5.31. The number of aromatic nitrogens is 2. The Kier molecular flexibility index (Phi) is 18.0. The number of benzene rings is 1. The van der Waals surface area contributed by atoms with Crippen molar-refractivity contribution in [2.75, 3.05) is 131 Å². The largest absolute Gasteiger partial charge is 0.506 e. The summed E-state index contributed by atoms with van der Waals surface area (Å²) in [5, 5.41) is 13.0. The van der Waals surface area contributed by atoms with Crippen LogP contribution in [-0.2, 0) is 55.7 Å². The summed E-state index contributed by atoms with van der Waals surface area (Å²) in [4.78, 5) is 14.9. The van der Waals surface area contributed by atoms with Gasteiger partial charge in [0.15, 0.2) is 0 Å². The van der Waals surface area contributed by atoms with Crippen LogP contribution in [0.3, 0.4) is 0 Å². The summed E-state index contributed by atoms with van der Waals surface area (Å²) in [6.45, 7) is 16.7. The number of phenols is 1. The molecule has 0 saturated heterocycles. The summed E-state index contributed by atoms with van der Waals surface area (Å²) in [6, 6.07) is 5.23. The maximum absolute atomic E-state index is 13.0. The summed E-state index contributed by atoms with van der Waals surface area (Å²) >= 11 is 0. The molecule has 17 heteroatoms. The Balaban J connectivity index is 0.862. The molecule has 17 nitrogen and oxygen atoms in total. The number of phenolic OH excluding ortho intramolecular Hbond substituents is 1. The molecule has 1 atom stereocenters. The van der Waals surface area contributed by atoms with Gasteiger partial charge in [-0.2, -0.15) is 4.58 Å². The lowest BCUT2D eigenvalue weighted by Gasteiger charge is -2.26. The van der Waals surface area contributed by atoms with Crippen LogP contribution < -0.4 is 21.5 Å². The molecular formula is C39H61N7O10+2. The predicted molar refractivity (Wildman–Crippen MR) is 206 cm³/mol. The summed E-state index contributed by atoms with van der Waals surface area (Å²) in [7, 11) is 0. The number of carbonyl (C=O) groups excluding carboxylic acids is 1. The lowest BCUT2D eigenvalue weighted by Crippen LogP contribution is -2.40. The molecule has 2 aromatic rings. The monoisotopic (exact) mass is 787 g/mol. The first-order valence-corrected chi connectivity index (χ1v) is 19.5. The smallest absolute Gasteiger partial charge is 0.363 e. The highest BCUT2D eigenvalue weighted by molar-refractivity contribution is 6.15. The fourth-order valence-electron chi connectivity index (χ4n) is 6.58. The van der Waals surface area contributed by atoms with Crippen LogP contribution >= 0.6 is 0 Å². The normalized spacial score (nSPS) is 16.7. The third-order valence-corrected chi connectivity index (χ3v) is 9.49. The summed E-state index contributed by atoms with van der Waals surface area (Å²) in [5.74, 6) is 0.139. The molecule has 56 heavy (non-hydrogen) atoms. The Labute approximate surface area is 329 Å². The number of amides is 1. The minimum absolute atomic E-state index is 0.0516. The van der Waals surface area contributed by atoms with Gasteiger partial charge in [-0.25, -0.2) is 0 Å². The molecule has 310 valence electrons. The molecule has 0 aliphatic carbocycles. The molecule has 0 fully saturated rings. The van der Waals surface area contributed by atoms with Gasteiger partial charge in [0.1, 0.15) is 11.3 Å². The summed E-state index contributed by atoms with van der Waals surface area (Å²) in [5.41, 5.74) is 18.2. The van der Waals surface area contributed by atoms with Crippen molar-refractivity contribution in [1.29, 1.82) is 0 Å². The second kappa shape index (κ2) is 23.4. The molecule has 1 aromatic carbocycles. The Hall–Kier alpha value is -3.91. The SMILES string of the molecule is C=C1/C(=C\NCN)C(c2ccc(O)c(N)c2)=[N+]1CC1n2c3c(c[n+]21)CN(C(=O)CCOCCOCCOCCOCCOCCOCCOCCOCC)CC3. The first kappa shape index (κ1) is 43.2. The average molecular weight is 788 g/mol. The number of nitrogens with two attached hydrogens (primary N) is 2. The third kappa shape index (κ3) is 12.5. The highest BCUT2D eigenvalue weighted by atomic mass is 16.6. The quantitative estimate of drug-likeness (QED) is 0.0278. The number of carbonyl (C=O) groups is 1. The number of fused-ring (bicyclic) bond motifs is 3. The van der Waals surface area contributed by atoms with Crippen molar-refractivity contribution in [3.63, 3.8) is 0 Å². The highest BCUT2D eigenvalue weighted by Crippen LogP contribution is 2.34. The third-order valence-electron chi connectivity index (χ3n) is 9.49. The molecule has 0 saturated carbocycles. The van der Waals surface area contributed by atoms with Gasteiger partial charge in [-0.05, 0) is 31.7 Å². The van der Waals surface area contributed by atoms with E-state index in [1.807, 2.05) is 24.1 Å². The number of rotatable bonds is 30. The number of allylic oxidation sites excluding steroid dienone is 1. The first-order valence-electron chi connectivity index (χ1n) is 19.5. The second-order valence-corrected chi connectivity index (χ2v) is 13.3. The van der Waals surface area contributed by atoms with Gasteiger partial charge in [0.25, 0.3) is 0 Å². The maximum atomic E-state index is 13.0. The van der Waals surface area contributed by atoms with Gasteiger partial charge < -0.3 is 64.7 Å². The van der Waals surface area contributed by atoms with E-state index in [9.17, 15) is 9.90 Å². The fraction of sp³-hybridized carbons (Fsp3) is 0.615. The number of anilines is 1. The van der Waals surface area contributed by atoms with E-state index < -0.39 is 0 Å². The van der Waals surface area contributed by atoms with Crippen molar-refractivity contribution in [1.82, 2.24) is 14.9 Å². The van der Waals surface area contributed by atoms with Crippen molar-refractivity contribution in [3.8, 4) is 5.75 Å². The lowest BCUT2D eigenvalue weighted by atomic mass is 9.92. The second-order valence-electron chi connectivity index (χ2n) is 13.3. The summed E-state index contributed by atoms with van der Waals surface area (Å²) < 4.78 is 50.5. The van der Waals surface area contributed by atoms with E-state index in [1.54, 1.807) is 12.1 Å². The molecule has 1 unspecified atom stereocenters. The van der Waals surface area contributed by atoms with Crippen molar-refractivity contribution in [3.05, 3.63) is 65.3 Å². The van der Waals surface area contributed by atoms with Crippen molar-refractivity contribution >= 4 is 17.3 Å². The molecule has 0 bridgehead atoms. The van der Waals surface area contributed by atoms with Crippen LogP contribution in [0.25, 0.3) is 0 Å².